The molecule has 19 heavy (non-hydrogen) atoms. The van der Waals surface area contributed by atoms with E-state index in [0.29, 0.717) is 5.56 Å². The van der Waals surface area contributed by atoms with Gasteiger partial charge in [0.2, 0.25) is 0 Å². The fourth-order valence-electron chi connectivity index (χ4n) is 1.90. The van der Waals surface area contributed by atoms with E-state index in [1.165, 1.54) is 7.11 Å². The Labute approximate surface area is 113 Å². The lowest BCUT2D eigenvalue weighted by molar-refractivity contribution is -0.156. The SMILES string of the molecule is CCN(CC)c1ccc(C(O)C(O)C(=O)OC)cc1. The lowest BCUT2D eigenvalue weighted by Gasteiger charge is -2.22. The van der Waals surface area contributed by atoms with Crippen molar-refractivity contribution in [3.05, 3.63) is 29.8 Å². The van der Waals surface area contributed by atoms with Gasteiger partial charge >= 0.3 is 5.97 Å². The van der Waals surface area contributed by atoms with Gasteiger partial charge < -0.3 is 19.8 Å². The first kappa shape index (κ1) is 15.5. The van der Waals surface area contributed by atoms with Gasteiger partial charge in [-0.2, -0.15) is 0 Å². The van der Waals surface area contributed by atoms with Crippen LogP contribution >= 0.6 is 0 Å². The predicted octanol–water partition coefficient (Wildman–Crippen LogP) is 1.10. The topological polar surface area (TPSA) is 70.0 Å². The summed E-state index contributed by atoms with van der Waals surface area (Å²) in [5.74, 6) is -0.847. The molecule has 5 heteroatoms. The molecule has 0 heterocycles. The van der Waals surface area contributed by atoms with Crippen molar-refractivity contribution in [3.63, 3.8) is 0 Å². The molecule has 0 saturated heterocycles. The predicted molar refractivity (Wildman–Crippen MR) is 73.0 cm³/mol. The summed E-state index contributed by atoms with van der Waals surface area (Å²) < 4.78 is 4.39. The summed E-state index contributed by atoms with van der Waals surface area (Å²) in [7, 11) is 1.17. The van der Waals surface area contributed by atoms with E-state index in [1.54, 1.807) is 12.1 Å². The number of carbonyl (C=O) groups is 1. The summed E-state index contributed by atoms with van der Waals surface area (Å²) in [6.07, 6.45) is -2.84. The third-order valence-electron chi connectivity index (χ3n) is 3.10. The van der Waals surface area contributed by atoms with Gasteiger partial charge in [0.05, 0.1) is 7.11 Å². The first-order chi connectivity index (χ1) is 9.04. The molecular formula is C14H21NO4. The van der Waals surface area contributed by atoms with Gasteiger partial charge in [-0.25, -0.2) is 4.79 Å². The van der Waals surface area contributed by atoms with Gasteiger partial charge in [0.25, 0.3) is 0 Å². The molecule has 2 unspecified atom stereocenters. The van der Waals surface area contributed by atoms with E-state index in [2.05, 4.69) is 23.5 Å². The van der Waals surface area contributed by atoms with E-state index < -0.39 is 18.2 Å². The second-order valence-corrected chi connectivity index (χ2v) is 4.18. The molecule has 0 aliphatic rings. The molecule has 0 bridgehead atoms. The van der Waals surface area contributed by atoms with Gasteiger partial charge in [-0.1, -0.05) is 12.1 Å². The third kappa shape index (κ3) is 3.68. The van der Waals surface area contributed by atoms with Crippen LogP contribution in [-0.2, 0) is 9.53 Å². The number of aliphatic hydroxyl groups is 2. The van der Waals surface area contributed by atoms with Crippen LogP contribution in [0.3, 0.4) is 0 Å². The highest BCUT2D eigenvalue weighted by molar-refractivity contribution is 5.75. The van der Waals surface area contributed by atoms with Crippen LogP contribution in [0.2, 0.25) is 0 Å². The van der Waals surface area contributed by atoms with E-state index in [1.807, 2.05) is 12.1 Å². The lowest BCUT2D eigenvalue weighted by Crippen LogP contribution is -2.29. The minimum absolute atomic E-state index is 0.480. The number of anilines is 1. The first-order valence-electron chi connectivity index (χ1n) is 6.34. The normalized spacial score (nSPS) is 13.7. The molecule has 5 nitrogen and oxygen atoms in total. The van der Waals surface area contributed by atoms with Crippen molar-refractivity contribution < 1.29 is 19.7 Å². The van der Waals surface area contributed by atoms with Crippen LogP contribution in [0.1, 0.15) is 25.5 Å². The molecule has 0 aliphatic heterocycles. The molecule has 0 aromatic heterocycles. The molecule has 0 radical (unpaired) electrons. The van der Waals surface area contributed by atoms with Gasteiger partial charge in [0, 0.05) is 18.8 Å². The molecule has 0 spiro atoms. The number of rotatable bonds is 6. The number of ether oxygens (including phenoxy) is 1. The van der Waals surface area contributed by atoms with Crippen LogP contribution < -0.4 is 4.90 Å². The van der Waals surface area contributed by atoms with Crippen molar-refractivity contribution in [2.45, 2.75) is 26.1 Å². The van der Waals surface area contributed by atoms with E-state index in [-0.39, 0.29) is 0 Å². The minimum atomic E-state index is -1.57. The Morgan fingerprint density at radius 2 is 1.74 bits per heavy atom. The number of nitrogens with zero attached hydrogens (tertiary/aromatic N) is 1. The van der Waals surface area contributed by atoms with Crippen LogP contribution in [0.4, 0.5) is 5.69 Å². The van der Waals surface area contributed by atoms with E-state index in [4.69, 9.17) is 0 Å². The number of benzene rings is 1. The third-order valence-corrected chi connectivity index (χ3v) is 3.10. The van der Waals surface area contributed by atoms with E-state index in [0.717, 1.165) is 18.8 Å². The zero-order valence-electron chi connectivity index (χ0n) is 11.5. The first-order valence-corrected chi connectivity index (χ1v) is 6.34. The van der Waals surface area contributed by atoms with Crippen molar-refractivity contribution in [2.24, 2.45) is 0 Å². The maximum atomic E-state index is 11.2. The molecular weight excluding hydrogens is 246 g/mol. The van der Waals surface area contributed by atoms with Crippen molar-refractivity contribution in [3.8, 4) is 0 Å². The summed E-state index contributed by atoms with van der Waals surface area (Å²) in [6.45, 7) is 5.91. The highest BCUT2D eigenvalue weighted by Gasteiger charge is 2.26. The summed E-state index contributed by atoms with van der Waals surface area (Å²) in [5.41, 5.74) is 1.52. The molecule has 1 aromatic carbocycles. The zero-order valence-corrected chi connectivity index (χ0v) is 11.5. The lowest BCUT2D eigenvalue weighted by atomic mass is 10.0. The van der Waals surface area contributed by atoms with Gasteiger partial charge in [-0.3, -0.25) is 0 Å². The Bertz CT molecular complexity index is 400. The summed E-state index contributed by atoms with van der Waals surface area (Å²) >= 11 is 0. The van der Waals surface area contributed by atoms with Gasteiger partial charge in [0.15, 0.2) is 6.10 Å². The summed E-state index contributed by atoms with van der Waals surface area (Å²) in [5, 5.41) is 19.4. The maximum absolute atomic E-state index is 11.2. The van der Waals surface area contributed by atoms with Crippen LogP contribution in [0.15, 0.2) is 24.3 Å². The summed E-state index contributed by atoms with van der Waals surface area (Å²) in [4.78, 5) is 13.3. The van der Waals surface area contributed by atoms with Crippen LogP contribution in [-0.4, -0.2) is 42.5 Å². The second kappa shape index (κ2) is 7.11. The van der Waals surface area contributed by atoms with Crippen LogP contribution in [0, 0.1) is 0 Å². The molecule has 0 saturated carbocycles. The number of methoxy groups -OCH3 is 1. The Kier molecular flexibility index (Phi) is 5.79. The van der Waals surface area contributed by atoms with Crippen LogP contribution in [0.25, 0.3) is 0 Å². The average molecular weight is 267 g/mol. The molecule has 0 amide bonds. The molecule has 2 N–H and O–H groups in total. The maximum Gasteiger partial charge on any atom is 0.337 e. The highest BCUT2D eigenvalue weighted by atomic mass is 16.5. The number of hydrogen-bond acceptors (Lipinski definition) is 5. The molecule has 0 fully saturated rings. The number of carbonyl (C=O) groups excluding carboxylic acids is 1. The Hall–Kier alpha value is -1.59. The summed E-state index contributed by atoms with van der Waals surface area (Å²) in [6, 6.07) is 7.11. The zero-order chi connectivity index (χ0) is 14.4. The number of hydrogen-bond donors (Lipinski definition) is 2. The van der Waals surface area contributed by atoms with Crippen LogP contribution in [0.5, 0.6) is 0 Å². The quantitative estimate of drug-likeness (QED) is 0.755. The van der Waals surface area contributed by atoms with Crippen molar-refractivity contribution >= 4 is 11.7 Å². The highest BCUT2D eigenvalue weighted by Crippen LogP contribution is 2.21. The molecule has 1 aromatic rings. The van der Waals surface area contributed by atoms with Crippen molar-refractivity contribution in [2.75, 3.05) is 25.1 Å². The van der Waals surface area contributed by atoms with Gasteiger partial charge in [0.1, 0.15) is 6.10 Å². The smallest absolute Gasteiger partial charge is 0.337 e. The minimum Gasteiger partial charge on any atom is -0.467 e. The Morgan fingerprint density at radius 1 is 1.21 bits per heavy atom. The van der Waals surface area contributed by atoms with Crippen molar-refractivity contribution in [1.82, 2.24) is 0 Å². The van der Waals surface area contributed by atoms with Crippen molar-refractivity contribution in [1.29, 1.82) is 0 Å². The monoisotopic (exact) mass is 267 g/mol. The molecule has 0 aliphatic carbocycles. The number of esters is 1. The second-order valence-electron chi connectivity index (χ2n) is 4.18. The fraction of sp³-hybridized carbons (Fsp3) is 0.500. The molecule has 2 atom stereocenters. The molecule has 106 valence electrons. The largest absolute Gasteiger partial charge is 0.467 e. The Balaban J connectivity index is 2.83. The Morgan fingerprint density at radius 3 is 2.16 bits per heavy atom. The van der Waals surface area contributed by atoms with Gasteiger partial charge in [-0.05, 0) is 31.5 Å². The molecule has 1 rings (SSSR count). The van der Waals surface area contributed by atoms with Gasteiger partial charge in [-0.15, -0.1) is 0 Å². The number of aliphatic hydroxyl groups excluding tert-OH is 2. The average Bonchev–Trinajstić information content (AvgIpc) is 2.47. The van der Waals surface area contributed by atoms with E-state index >= 15 is 0 Å². The standard InChI is InChI=1S/C14H21NO4/c1-4-15(5-2)11-8-6-10(7-9-11)12(16)13(17)14(18)19-3/h6-9,12-13,16-17H,4-5H2,1-3H3. The fourth-order valence-corrected chi connectivity index (χ4v) is 1.90. The van der Waals surface area contributed by atoms with E-state index in [9.17, 15) is 15.0 Å².